The Balaban J connectivity index is 2.05. The van der Waals surface area contributed by atoms with Gasteiger partial charge in [-0.1, -0.05) is 41.4 Å². The molecule has 0 aliphatic rings. The van der Waals surface area contributed by atoms with Crippen molar-refractivity contribution in [2.75, 3.05) is 6.61 Å². The number of hydrogen-bond donors (Lipinski definition) is 1. The van der Waals surface area contributed by atoms with E-state index in [1.165, 1.54) is 0 Å². The van der Waals surface area contributed by atoms with Crippen molar-refractivity contribution in [3.05, 3.63) is 52.8 Å². The van der Waals surface area contributed by atoms with E-state index in [0.29, 0.717) is 17.4 Å². The maximum atomic E-state index is 11.6. The molecule has 24 heavy (non-hydrogen) atoms. The Hall–Kier alpha value is -2.60. The molecule has 0 aliphatic carbocycles. The highest BCUT2D eigenvalue weighted by molar-refractivity contribution is 6.29. The summed E-state index contributed by atoms with van der Waals surface area (Å²) < 4.78 is 6.55. The van der Waals surface area contributed by atoms with E-state index in [1.54, 1.807) is 23.6 Å². The average molecular weight is 345 g/mol. The van der Waals surface area contributed by atoms with Crippen LogP contribution in [0.4, 0.5) is 4.79 Å². The second-order valence-electron chi connectivity index (χ2n) is 5.27. The fraction of sp³-hybridized carbons (Fsp3) is 0.235. The SMILES string of the molecule is CCOC(=O)NCc1c(-c2ccc(C)cc2)nc2ccc(Cl)nn12. The maximum Gasteiger partial charge on any atom is 0.407 e. The molecule has 0 atom stereocenters. The summed E-state index contributed by atoms with van der Waals surface area (Å²) in [6, 6.07) is 11.5. The van der Waals surface area contributed by atoms with E-state index in [9.17, 15) is 4.79 Å². The van der Waals surface area contributed by atoms with Crippen molar-refractivity contribution in [2.24, 2.45) is 0 Å². The van der Waals surface area contributed by atoms with Crippen LogP contribution in [0.15, 0.2) is 36.4 Å². The third-order valence-corrected chi connectivity index (χ3v) is 3.74. The van der Waals surface area contributed by atoms with Crippen molar-refractivity contribution >= 4 is 23.3 Å². The molecular formula is C17H17ClN4O2. The van der Waals surface area contributed by atoms with Gasteiger partial charge in [-0.2, -0.15) is 5.10 Å². The zero-order valence-electron chi connectivity index (χ0n) is 13.4. The molecule has 0 radical (unpaired) electrons. The first-order chi connectivity index (χ1) is 11.6. The lowest BCUT2D eigenvalue weighted by Gasteiger charge is -2.07. The third-order valence-electron chi connectivity index (χ3n) is 3.54. The van der Waals surface area contributed by atoms with Crippen molar-refractivity contribution in [3.8, 4) is 11.3 Å². The van der Waals surface area contributed by atoms with E-state index in [1.807, 2.05) is 31.2 Å². The number of imidazole rings is 1. The minimum Gasteiger partial charge on any atom is -0.450 e. The normalized spacial score (nSPS) is 10.8. The fourth-order valence-electron chi connectivity index (χ4n) is 2.40. The molecule has 2 aromatic heterocycles. The zero-order chi connectivity index (χ0) is 17.1. The van der Waals surface area contributed by atoms with Crippen molar-refractivity contribution in [2.45, 2.75) is 20.4 Å². The number of carbonyl (C=O) groups excluding carboxylic acids is 1. The summed E-state index contributed by atoms with van der Waals surface area (Å²) in [5.74, 6) is 0. The fourth-order valence-corrected chi connectivity index (χ4v) is 2.53. The van der Waals surface area contributed by atoms with Crippen LogP contribution in [0.2, 0.25) is 5.15 Å². The van der Waals surface area contributed by atoms with E-state index < -0.39 is 6.09 Å². The van der Waals surface area contributed by atoms with E-state index in [-0.39, 0.29) is 6.54 Å². The molecule has 0 saturated carbocycles. The highest BCUT2D eigenvalue weighted by Gasteiger charge is 2.16. The molecule has 3 aromatic rings. The Morgan fingerprint density at radius 3 is 2.71 bits per heavy atom. The number of carbonyl (C=O) groups is 1. The molecule has 1 aromatic carbocycles. The topological polar surface area (TPSA) is 68.5 Å². The Kier molecular flexibility index (Phi) is 4.66. The van der Waals surface area contributed by atoms with Crippen LogP contribution in [-0.4, -0.2) is 27.3 Å². The standard InChI is InChI=1S/C17H17ClN4O2/c1-3-24-17(23)19-10-13-16(12-6-4-11(2)5-7-12)20-15-9-8-14(18)21-22(13)15/h4-9H,3,10H2,1-2H3,(H,19,23). The number of benzene rings is 1. The second kappa shape index (κ2) is 6.88. The molecule has 2 heterocycles. The first kappa shape index (κ1) is 16.3. The summed E-state index contributed by atoms with van der Waals surface area (Å²) in [6.07, 6.45) is -0.482. The quantitative estimate of drug-likeness (QED) is 0.785. The first-order valence-electron chi connectivity index (χ1n) is 7.60. The number of nitrogens with one attached hydrogen (secondary N) is 1. The molecule has 1 N–H and O–H groups in total. The predicted octanol–water partition coefficient (Wildman–Crippen LogP) is 3.60. The average Bonchev–Trinajstić information content (AvgIpc) is 2.91. The van der Waals surface area contributed by atoms with Crippen LogP contribution < -0.4 is 5.32 Å². The van der Waals surface area contributed by atoms with E-state index in [0.717, 1.165) is 22.5 Å². The Morgan fingerprint density at radius 1 is 1.25 bits per heavy atom. The third kappa shape index (κ3) is 3.33. The Morgan fingerprint density at radius 2 is 2.00 bits per heavy atom. The van der Waals surface area contributed by atoms with Crippen LogP contribution in [0.1, 0.15) is 18.2 Å². The number of halogens is 1. The number of ether oxygens (including phenoxy) is 1. The minimum absolute atomic E-state index is 0.233. The van der Waals surface area contributed by atoms with Crippen molar-refractivity contribution in [3.63, 3.8) is 0 Å². The predicted molar refractivity (Wildman–Crippen MR) is 92.0 cm³/mol. The van der Waals surface area contributed by atoms with Gasteiger partial charge in [0, 0.05) is 5.56 Å². The number of nitrogens with zero attached hydrogens (tertiary/aromatic N) is 3. The summed E-state index contributed by atoms with van der Waals surface area (Å²) in [5, 5.41) is 7.36. The summed E-state index contributed by atoms with van der Waals surface area (Å²) >= 11 is 6.01. The van der Waals surface area contributed by atoms with Crippen molar-refractivity contribution in [1.82, 2.24) is 19.9 Å². The second-order valence-corrected chi connectivity index (χ2v) is 5.66. The lowest BCUT2D eigenvalue weighted by Crippen LogP contribution is -2.24. The lowest BCUT2D eigenvalue weighted by atomic mass is 10.1. The summed E-state index contributed by atoms with van der Waals surface area (Å²) in [4.78, 5) is 16.3. The molecule has 0 fully saturated rings. The lowest BCUT2D eigenvalue weighted by molar-refractivity contribution is 0.151. The van der Waals surface area contributed by atoms with Gasteiger partial charge in [0.05, 0.1) is 24.5 Å². The number of aromatic nitrogens is 3. The molecule has 7 heteroatoms. The number of amides is 1. The molecule has 1 amide bonds. The molecule has 0 aliphatic heterocycles. The summed E-state index contributed by atoms with van der Waals surface area (Å²) in [7, 11) is 0. The minimum atomic E-state index is -0.482. The van der Waals surface area contributed by atoms with Crippen molar-refractivity contribution < 1.29 is 9.53 Å². The summed E-state index contributed by atoms with van der Waals surface area (Å²) in [5.41, 5.74) is 4.26. The molecule has 0 spiro atoms. The van der Waals surface area contributed by atoms with Gasteiger partial charge in [0.1, 0.15) is 5.15 Å². The van der Waals surface area contributed by atoms with Gasteiger partial charge in [0.15, 0.2) is 5.65 Å². The molecular weight excluding hydrogens is 328 g/mol. The Bertz CT molecular complexity index is 874. The monoisotopic (exact) mass is 344 g/mol. The van der Waals surface area contributed by atoms with E-state index in [4.69, 9.17) is 16.3 Å². The van der Waals surface area contributed by atoms with Gasteiger partial charge in [-0.3, -0.25) is 0 Å². The zero-order valence-corrected chi connectivity index (χ0v) is 14.2. The Labute approximate surface area is 144 Å². The van der Waals surface area contributed by atoms with Gasteiger partial charge in [-0.15, -0.1) is 0 Å². The molecule has 6 nitrogen and oxygen atoms in total. The number of rotatable bonds is 4. The largest absolute Gasteiger partial charge is 0.450 e. The van der Waals surface area contributed by atoms with Crippen LogP contribution in [0, 0.1) is 6.92 Å². The van der Waals surface area contributed by atoms with Gasteiger partial charge in [0.2, 0.25) is 0 Å². The van der Waals surface area contributed by atoms with Gasteiger partial charge in [-0.25, -0.2) is 14.3 Å². The highest BCUT2D eigenvalue weighted by Crippen LogP contribution is 2.25. The van der Waals surface area contributed by atoms with Crippen LogP contribution in [-0.2, 0) is 11.3 Å². The first-order valence-corrected chi connectivity index (χ1v) is 7.98. The molecule has 124 valence electrons. The van der Waals surface area contributed by atoms with Crippen LogP contribution in [0.25, 0.3) is 16.9 Å². The highest BCUT2D eigenvalue weighted by atomic mass is 35.5. The molecule has 0 bridgehead atoms. The van der Waals surface area contributed by atoms with Gasteiger partial charge < -0.3 is 10.1 Å². The number of alkyl carbamates (subject to hydrolysis) is 1. The van der Waals surface area contributed by atoms with Crippen LogP contribution >= 0.6 is 11.6 Å². The molecule has 0 saturated heterocycles. The number of fused-ring (bicyclic) bond motifs is 1. The van der Waals surface area contributed by atoms with Gasteiger partial charge in [-0.05, 0) is 26.0 Å². The van der Waals surface area contributed by atoms with Gasteiger partial charge >= 0.3 is 6.09 Å². The van der Waals surface area contributed by atoms with Gasteiger partial charge in [0.25, 0.3) is 0 Å². The van der Waals surface area contributed by atoms with E-state index in [2.05, 4.69) is 15.4 Å². The van der Waals surface area contributed by atoms with Crippen molar-refractivity contribution in [1.29, 1.82) is 0 Å². The van der Waals surface area contributed by atoms with E-state index >= 15 is 0 Å². The molecule has 3 rings (SSSR count). The van der Waals surface area contributed by atoms with Crippen LogP contribution in [0.3, 0.4) is 0 Å². The molecule has 0 unspecified atom stereocenters. The number of aryl methyl sites for hydroxylation is 1. The number of hydrogen-bond acceptors (Lipinski definition) is 4. The summed E-state index contributed by atoms with van der Waals surface area (Å²) in [6.45, 7) is 4.33. The smallest absolute Gasteiger partial charge is 0.407 e. The maximum absolute atomic E-state index is 11.6. The van der Waals surface area contributed by atoms with Crippen LogP contribution in [0.5, 0.6) is 0 Å².